The van der Waals surface area contributed by atoms with Crippen LogP contribution < -0.4 is 0 Å². The molecule has 0 bridgehead atoms. The predicted molar refractivity (Wildman–Crippen MR) is 49.0 cm³/mol. The van der Waals surface area contributed by atoms with Gasteiger partial charge in [-0.05, 0) is 24.9 Å². The molecule has 0 N–H and O–H groups in total. The first-order valence-electron chi connectivity index (χ1n) is 4.99. The summed E-state index contributed by atoms with van der Waals surface area (Å²) in [5.41, 5.74) is 0. The Morgan fingerprint density at radius 3 is 2.25 bits per heavy atom. The van der Waals surface area contributed by atoms with E-state index in [1.54, 1.807) is 0 Å². The molecule has 0 amide bonds. The summed E-state index contributed by atoms with van der Waals surface area (Å²) in [5, 5.41) is 0. The van der Waals surface area contributed by atoms with Gasteiger partial charge in [-0.15, -0.1) is 0 Å². The van der Waals surface area contributed by atoms with Gasteiger partial charge in [-0.25, -0.2) is 0 Å². The monoisotopic (exact) mass is 186 g/mol. The Hall–Kier alpha value is 0.137. The summed E-state index contributed by atoms with van der Waals surface area (Å²) >= 11 is 0. The zero-order valence-corrected chi connectivity index (χ0v) is 8.84. The zero-order chi connectivity index (χ0) is 9.03. The summed E-state index contributed by atoms with van der Waals surface area (Å²) in [5.74, 6) is 0.702. The van der Waals surface area contributed by atoms with Crippen molar-refractivity contribution in [2.45, 2.75) is 51.1 Å². The van der Waals surface area contributed by atoms with Gasteiger partial charge in [0.05, 0.1) is 0 Å². The quantitative estimate of drug-likeness (QED) is 0.608. The fourth-order valence-electron chi connectivity index (χ4n) is 1.94. The van der Waals surface area contributed by atoms with Gasteiger partial charge in [0, 0.05) is 0 Å². The third-order valence-corrected chi connectivity index (χ3v) is 3.93. The van der Waals surface area contributed by atoms with Crippen LogP contribution in [-0.4, -0.2) is 8.56 Å². The molecule has 12 heavy (non-hydrogen) atoms. The highest BCUT2D eigenvalue weighted by molar-refractivity contribution is 6.62. The fraction of sp³-hybridized carbons (Fsp3) is 1.00. The van der Waals surface area contributed by atoms with Gasteiger partial charge in [0.1, 0.15) is 0 Å². The Morgan fingerprint density at radius 2 is 1.75 bits per heavy atom. The maximum Gasteiger partial charge on any atom is 0.403 e. The van der Waals surface area contributed by atoms with E-state index in [1.165, 1.54) is 38.7 Å². The molecule has 3 heteroatoms. The van der Waals surface area contributed by atoms with Crippen molar-refractivity contribution in [1.82, 2.24) is 0 Å². The molecule has 0 aromatic rings. The topological polar surface area (TPSA) is 39.8 Å². The molecule has 0 unspecified atom stereocenters. The van der Waals surface area contributed by atoms with Crippen molar-refractivity contribution in [1.29, 1.82) is 0 Å². The molecule has 0 atom stereocenters. The minimum absolute atomic E-state index is 0.442. The van der Waals surface area contributed by atoms with Crippen molar-refractivity contribution in [2.24, 2.45) is 5.92 Å². The molecule has 2 nitrogen and oxygen atoms in total. The van der Waals surface area contributed by atoms with Crippen molar-refractivity contribution in [2.75, 3.05) is 0 Å². The van der Waals surface area contributed by atoms with Crippen molar-refractivity contribution < 1.29 is 9.59 Å². The maximum absolute atomic E-state index is 10.9. The van der Waals surface area contributed by atoms with E-state index in [1.807, 2.05) is 0 Å². The molecule has 70 valence electrons. The van der Waals surface area contributed by atoms with Crippen molar-refractivity contribution >= 4 is 8.56 Å². The largest absolute Gasteiger partial charge is 0.403 e. The smallest absolute Gasteiger partial charge is 0.257 e. The molecular formula is C9H18O2Si. The third-order valence-electron chi connectivity index (χ3n) is 2.73. The number of hydrogen-bond donors (Lipinski definition) is 0. The molecule has 0 heterocycles. The van der Waals surface area contributed by atoms with Crippen LogP contribution in [0.15, 0.2) is 0 Å². The molecule has 0 aromatic carbocycles. The van der Waals surface area contributed by atoms with Crippen LogP contribution in [-0.2, 0) is 9.59 Å². The Bertz CT molecular complexity index is 125. The van der Waals surface area contributed by atoms with Gasteiger partial charge in [-0.1, -0.05) is 32.1 Å². The molecule has 0 aliphatic heterocycles. The lowest BCUT2D eigenvalue weighted by Crippen LogP contribution is -2.26. The van der Waals surface area contributed by atoms with Crippen LogP contribution in [0.25, 0.3) is 0 Å². The summed E-state index contributed by atoms with van der Waals surface area (Å²) < 4.78 is 0. The maximum atomic E-state index is 10.9. The predicted octanol–water partition coefficient (Wildman–Crippen LogP) is 2.89. The highest BCUT2D eigenvalue weighted by Crippen LogP contribution is 2.28. The first kappa shape index (κ1) is 10.2. The van der Waals surface area contributed by atoms with Gasteiger partial charge in [0.25, 0.3) is 0 Å². The Morgan fingerprint density at radius 1 is 1.17 bits per heavy atom. The average Bonchev–Trinajstić information content (AvgIpc) is 2.02. The van der Waals surface area contributed by atoms with Gasteiger partial charge in [0.15, 0.2) is 0 Å². The standard InChI is InChI=1S/C9H18O2Si/c1-12(10,11)8-7-9-5-3-2-4-6-9/h9H,2-8H2,1H3. The minimum atomic E-state index is -3.24. The van der Waals surface area contributed by atoms with Crippen molar-refractivity contribution in [3.05, 3.63) is 0 Å². The van der Waals surface area contributed by atoms with Gasteiger partial charge in [-0.3, -0.25) is 9.59 Å². The van der Waals surface area contributed by atoms with Crippen LogP contribution >= 0.6 is 0 Å². The van der Waals surface area contributed by atoms with E-state index in [-0.39, 0.29) is 0 Å². The van der Waals surface area contributed by atoms with E-state index in [4.69, 9.17) is 0 Å². The zero-order valence-electron chi connectivity index (χ0n) is 7.84. The van der Waals surface area contributed by atoms with Gasteiger partial charge < -0.3 is 0 Å². The van der Waals surface area contributed by atoms with E-state index in [0.717, 1.165) is 6.42 Å². The van der Waals surface area contributed by atoms with E-state index in [2.05, 4.69) is 0 Å². The van der Waals surface area contributed by atoms with E-state index in [0.29, 0.717) is 12.0 Å². The lowest BCUT2D eigenvalue weighted by Gasteiger charge is -2.22. The van der Waals surface area contributed by atoms with Crippen molar-refractivity contribution in [3.63, 3.8) is 0 Å². The molecule has 1 aliphatic rings. The van der Waals surface area contributed by atoms with Crippen LogP contribution in [0.4, 0.5) is 0 Å². The lowest BCUT2D eigenvalue weighted by atomic mass is 9.88. The SMILES string of the molecule is C[Si]([O])([O])CCC1CCCCC1. The van der Waals surface area contributed by atoms with Crippen LogP contribution in [0.5, 0.6) is 0 Å². The Kier molecular flexibility index (Phi) is 3.74. The first-order valence-corrected chi connectivity index (χ1v) is 7.51. The fourth-order valence-corrected chi connectivity index (χ4v) is 2.87. The lowest BCUT2D eigenvalue weighted by molar-refractivity contribution is 0.241. The van der Waals surface area contributed by atoms with Crippen LogP contribution in [0.3, 0.4) is 0 Å². The molecule has 0 saturated heterocycles. The summed E-state index contributed by atoms with van der Waals surface area (Å²) in [6.45, 7) is 1.38. The van der Waals surface area contributed by atoms with E-state index < -0.39 is 8.56 Å². The summed E-state index contributed by atoms with van der Waals surface area (Å²) in [7, 11) is -3.24. The average molecular weight is 186 g/mol. The van der Waals surface area contributed by atoms with Gasteiger partial charge in [-0.2, -0.15) is 0 Å². The summed E-state index contributed by atoms with van der Waals surface area (Å²) in [6, 6.07) is 0.442. The molecule has 1 saturated carbocycles. The molecule has 2 radical (unpaired) electrons. The van der Waals surface area contributed by atoms with E-state index >= 15 is 0 Å². The molecule has 1 rings (SSSR count). The second-order valence-corrected chi connectivity index (χ2v) is 6.94. The Balaban J connectivity index is 2.13. The van der Waals surface area contributed by atoms with Crippen LogP contribution in [0.2, 0.25) is 12.6 Å². The molecule has 1 aliphatic carbocycles. The summed E-state index contributed by atoms with van der Waals surface area (Å²) in [4.78, 5) is 21.9. The normalized spacial score (nSPS) is 21.2. The van der Waals surface area contributed by atoms with Gasteiger partial charge in [0.2, 0.25) is 0 Å². The molecular weight excluding hydrogens is 168 g/mol. The minimum Gasteiger partial charge on any atom is -0.257 e. The summed E-state index contributed by atoms with van der Waals surface area (Å²) in [6.07, 6.45) is 7.38. The molecule has 1 fully saturated rings. The highest BCUT2D eigenvalue weighted by Gasteiger charge is 2.28. The number of hydrogen-bond acceptors (Lipinski definition) is 0. The second-order valence-electron chi connectivity index (χ2n) is 4.18. The van der Waals surface area contributed by atoms with E-state index in [9.17, 15) is 9.59 Å². The third kappa shape index (κ3) is 4.23. The second kappa shape index (κ2) is 4.39. The highest BCUT2D eigenvalue weighted by atomic mass is 28.4. The Labute approximate surface area is 75.9 Å². The molecule has 0 spiro atoms. The molecule has 0 aromatic heterocycles. The first-order chi connectivity index (χ1) is 5.58. The van der Waals surface area contributed by atoms with Crippen LogP contribution in [0, 0.1) is 5.92 Å². The van der Waals surface area contributed by atoms with Gasteiger partial charge >= 0.3 is 8.56 Å². The van der Waals surface area contributed by atoms with Crippen LogP contribution in [0.1, 0.15) is 38.5 Å². The number of rotatable bonds is 3. The van der Waals surface area contributed by atoms with Crippen molar-refractivity contribution in [3.8, 4) is 0 Å².